The molecule has 3 aromatic carbocycles. The number of nitrogens with zero attached hydrogens (tertiary/aromatic N) is 3. The van der Waals surface area contributed by atoms with Gasteiger partial charge < -0.3 is 5.32 Å². The summed E-state index contributed by atoms with van der Waals surface area (Å²) in [7, 11) is 0. The summed E-state index contributed by atoms with van der Waals surface area (Å²) in [4.78, 5) is 6.83. The first-order chi connectivity index (χ1) is 22.8. The minimum atomic E-state index is 0.525. The van der Waals surface area contributed by atoms with Crippen molar-refractivity contribution in [2.75, 3.05) is 13.1 Å². The highest BCUT2D eigenvalue weighted by Crippen LogP contribution is 2.32. The van der Waals surface area contributed by atoms with Crippen molar-refractivity contribution in [2.24, 2.45) is 5.92 Å². The summed E-state index contributed by atoms with van der Waals surface area (Å²) in [5, 5.41) is 14.0. The molecule has 2 heterocycles. The van der Waals surface area contributed by atoms with E-state index in [9.17, 15) is 5.26 Å². The molecule has 0 amide bonds. The Morgan fingerprint density at radius 1 is 0.830 bits per heavy atom. The highest BCUT2D eigenvalue weighted by atomic mass is 35.5. The van der Waals surface area contributed by atoms with Crippen LogP contribution in [0.5, 0.6) is 0 Å². The molecule has 0 radical (unpaired) electrons. The molecule has 1 saturated heterocycles. The Hall–Kier alpha value is -3.49. The third-order valence-corrected chi connectivity index (χ3v) is 10.6. The second kappa shape index (κ2) is 16.6. The zero-order valence-corrected chi connectivity index (χ0v) is 29.8. The van der Waals surface area contributed by atoms with Crippen molar-refractivity contribution >= 4 is 11.6 Å². The van der Waals surface area contributed by atoms with Gasteiger partial charge in [0.25, 0.3) is 0 Å². The van der Waals surface area contributed by atoms with Crippen LogP contribution in [0.15, 0.2) is 67.0 Å². The fraction of sp³-hybridized carbons (Fsp3) is 0.429. The number of likely N-dealkylation sites (tertiary alicyclic amines) is 1. The minimum absolute atomic E-state index is 0.525. The van der Waals surface area contributed by atoms with Crippen LogP contribution in [-0.4, -0.2) is 29.0 Å². The van der Waals surface area contributed by atoms with Crippen LogP contribution >= 0.6 is 11.6 Å². The van der Waals surface area contributed by atoms with Gasteiger partial charge in [0.15, 0.2) is 0 Å². The van der Waals surface area contributed by atoms with E-state index < -0.39 is 0 Å². The highest BCUT2D eigenvalue weighted by Gasteiger charge is 2.18. The van der Waals surface area contributed by atoms with E-state index in [4.69, 9.17) is 11.6 Å². The van der Waals surface area contributed by atoms with Crippen molar-refractivity contribution in [1.82, 2.24) is 15.2 Å². The van der Waals surface area contributed by atoms with Crippen LogP contribution in [0.1, 0.15) is 90.1 Å². The van der Waals surface area contributed by atoms with Gasteiger partial charge in [-0.1, -0.05) is 74.8 Å². The van der Waals surface area contributed by atoms with E-state index in [0.717, 1.165) is 68.9 Å². The lowest BCUT2D eigenvalue weighted by molar-refractivity contribution is 0.330. The molecule has 246 valence electrons. The van der Waals surface area contributed by atoms with Crippen molar-refractivity contribution in [3.05, 3.63) is 122 Å². The lowest BCUT2D eigenvalue weighted by Crippen LogP contribution is -2.32. The van der Waals surface area contributed by atoms with Crippen LogP contribution in [0.25, 0.3) is 11.1 Å². The van der Waals surface area contributed by atoms with Gasteiger partial charge in [-0.15, -0.1) is 0 Å². The number of rotatable bonds is 14. The molecule has 1 aliphatic heterocycles. The number of hydrogen-bond acceptors (Lipinski definition) is 4. The van der Waals surface area contributed by atoms with Gasteiger partial charge in [0, 0.05) is 36.5 Å². The molecule has 47 heavy (non-hydrogen) atoms. The predicted molar refractivity (Wildman–Crippen MR) is 197 cm³/mol. The maximum Gasteiger partial charge on any atom is 0.101 e. The Labute approximate surface area is 288 Å². The molecule has 1 unspecified atom stereocenters. The van der Waals surface area contributed by atoms with Gasteiger partial charge in [-0.3, -0.25) is 9.88 Å². The number of halogens is 1. The fourth-order valence-electron chi connectivity index (χ4n) is 7.20. The Morgan fingerprint density at radius 3 is 2.17 bits per heavy atom. The quantitative estimate of drug-likeness (QED) is 0.148. The van der Waals surface area contributed by atoms with E-state index >= 15 is 0 Å². The number of nitrogens with one attached hydrogen (secondary N) is 1. The SMILES string of the molecule is CCC(NCc1cccc(-c2cccc(CCc3cc(CCc4cncc(C#N)c4)c(CN4CCCC4)cc3Cl)c2C)c1C)C(C)C. The molecule has 1 N–H and O–H groups in total. The van der Waals surface area contributed by atoms with Crippen LogP contribution in [-0.2, 0) is 38.8 Å². The van der Waals surface area contributed by atoms with Crippen molar-refractivity contribution < 1.29 is 0 Å². The Balaban J connectivity index is 1.35. The summed E-state index contributed by atoms with van der Waals surface area (Å²) < 4.78 is 0. The first-order valence-electron chi connectivity index (χ1n) is 17.5. The third kappa shape index (κ3) is 8.90. The number of pyridine rings is 1. The minimum Gasteiger partial charge on any atom is -0.310 e. The summed E-state index contributed by atoms with van der Waals surface area (Å²) in [5.74, 6) is 0.618. The molecule has 0 aliphatic carbocycles. The standard InChI is InChI=1S/C42H51ClN4/c1-6-42(29(2)3)46-27-37-12-10-14-40(31(37)5)39-13-9-11-34(30(39)4)17-18-36-22-35(16-15-32-21-33(24-44)26-45-25-32)38(23-41(36)43)28-47-19-7-8-20-47/h9-14,21-23,25-26,29,42,46H,6-8,15-20,27-28H2,1-5H3. The maximum atomic E-state index is 9.35. The summed E-state index contributed by atoms with van der Waals surface area (Å²) >= 11 is 7.03. The molecule has 1 aromatic heterocycles. The Bertz CT molecular complexity index is 1700. The van der Waals surface area contributed by atoms with Gasteiger partial charge in [-0.05, 0) is 146 Å². The van der Waals surface area contributed by atoms with Crippen molar-refractivity contribution in [1.29, 1.82) is 5.26 Å². The third-order valence-electron chi connectivity index (χ3n) is 10.2. The molecule has 0 bridgehead atoms. The van der Waals surface area contributed by atoms with Crippen molar-refractivity contribution in [3.8, 4) is 17.2 Å². The molecule has 1 aliphatic rings. The smallest absolute Gasteiger partial charge is 0.101 e. The van der Waals surface area contributed by atoms with E-state index in [-0.39, 0.29) is 0 Å². The summed E-state index contributed by atoms with van der Waals surface area (Å²) in [6.07, 6.45) is 10.8. The van der Waals surface area contributed by atoms with E-state index in [0.29, 0.717) is 17.5 Å². The summed E-state index contributed by atoms with van der Waals surface area (Å²) in [5.41, 5.74) is 13.7. The molecule has 5 heteroatoms. The van der Waals surface area contributed by atoms with E-state index in [1.54, 1.807) is 6.20 Å². The van der Waals surface area contributed by atoms with Gasteiger partial charge >= 0.3 is 0 Å². The summed E-state index contributed by atoms with van der Waals surface area (Å²) in [6.45, 7) is 15.5. The van der Waals surface area contributed by atoms with Gasteiger partial charge in [-0.2, -0.15) is 5.26 Å². The maximum absolute atomic E-state index is 9.35. The fourth-order valence-corrected chi connectivity index (χ4v) is 7.48. The number of aromatic nitrogens is 1. The Morgan fingerprint density at radius 2 is 1.49 bits per heavy atom. The van der Waals surface area contributed by atoms with Gasteiger partial charge in [0.05, 0.1) is 5.56 Å². The molecule has 1 fully saturated rings. The Kier molecular flexibility index (Phi) is 12.3. The zero-order chi connectivity index (χ0) is 33.3. The van der Waals surface area contributed by atoms with Crippen LogP contribution in [0.3, 0.4) is 0 Å². The topological polar surface area (TPSA) is 52.0 Å². The lowest BCUT2D eigenvalue weighted by atomic mass is 9.89. The monoisotopic (exact) mass is 646 g/mol. The first-order valence-corrected chi connectivity index (χ1v) is 17.9. The van der Waals surface area contributed by atoms with Crippen LogP contribution in [0.2, 0.25) is 5.02 Å². The lowest BCUT2D eigenvalue weighted by Gasteiger charge is -2.22. The number of nitriles is 1. The largest absolute Gasteiger partial charge is 0.310 e. The molecule has 1 atom stereocenters. The number of hydrogen-bond donors (Lipinski definition) is 1. The second-order valence-electron chi connectivity index (χ2n) is 13.7. The van der Waals surface area contributed by atoms with Gasteiger partial charge in [0.2, 0.25) is 0 Å². The van der Waals surface area contributed by atoms with E-state index in [2.05, 4.69) is 104 Å². The van der Waals surface area contributed by atoms with E-state index in [1.165, 1.54) is 62.9 Å². The average Bonchev–Trinajstić information content (AvgIpc) is 3.59. The van der Waals surface area contributed by atoms with Crippen molar-refractivity contribution in [3.63, 3.8) is 0 Å². The molecule has 4 aromatic rings. The molecule has 0 spiro atoms. The van der Waals surface area contributed by atoms with E-state index in [1.807, 2.05) is 12.3 Å². The molecule has 5 rings (SSSR count). The number of benzene rings is 3. The normalized spacial score (nSPS) is 14.1. The highest BCUT2D eigenvalue weighted by molar-refractivity contribution is 6.31. The molecule has 0 saturated carbocycles. The van der Waals surface area contributed by atoms with Crippen LogP contribution in [0, 0.1) is 31.1 Å². The van der Waals surface area contributed by atoms with Crippen LogP contribution < -0.4 is 5.32 Å². The molecule has 4 nitrogen and oxygen atoms in total. The van der Waals surface area contributed by atoms with Gasteiger partial charge in [-0.25, -0.2) is 0 Å². The zero-order valence-electron chi connectivity index (χ0n) is 29.0. The van der Waals surface area contributed by atoms with Crippen molar-refractivity contribution in [2.45, 2.75) is 98.7 Å². The second-order valence-corrected chi connectivity index (χ2v) is 14.1. The first kappa shape index (κ1) is 34.8. The molecular formula is C42H51ClN4. The average molecular weight is 647 g/mol. The summed E-state index contributed by atoms with van der Waals surface area (Å²) in [6, 6.07) is 22.8. The predicted octanol–water partition coefficient (Wildman–Crippen LogP) is 9.58. The van der Waals surface area contributed by atoms with Gasteiger partial charge in [0.1, 0.15) is 6.07 Å². The number of aryl methyl sites for hydroxylation is 4. The molecular weight excluding hydrogens is 596 g/mol. The van der Waals surface area contributed by atoms with Crippen LogP contribution in [0.4, 0.5) is 0 Å².